The number of para-hydroxylation sites is 1. The van der Waals surface area contributed by atoms with E-state index in [0.29, 0.717) is 5.58 Å². The number of benzene rings is 2. The number of nitrogens with one attached hydrogen (secondary N) is 1. The van der Waals surface area contributed by atoms with Crippen molar-refractivity contribution in [3.8, 4) is 5.75 Å². The number of rotatable bonds is 5. The fraction of sp³-hybridized carbons (Fsp3) is 0.227. The number of methoxy groups -OCH3 is 1. The third kappa shape index (κ3) is 3.16. The summed E-state index contributed by atoms with van der Waals surface area (Å²) in [5.74, 6) is 1.43. The standard InChI is InChI=1S/C22H21NO4/c1-13-17-6-4-5-7-19(17)27-22(13)14(2)23-21(24)10-15-12-26-20-11-16(25-3)8-9-18(15)20/h4-9,11-12,14H,10H2,1-3H3,(H,23,24). The summed E-state index contributed by atoms with van der Waals surface area (Å²) in [5.41, 5.74) is 3.44. The zero-order valence-corrected chi connectivity index (χ0v) is 15.5. The van der Waals surface area contributed by atoms with Crippen molar-refractivity contribution in [3.05, 3.63) is 65.6 Å². The molecule has 4 aromatic rings. The Morgan fingerprint density at radius 2 is 1.96 bits per heavy atom. The maximum absolute atomic E-state index is 12.6. The summed E-state index contributed by atoms with van der Waals surface area (Å²) in [4.78, 5) is 12.6. The fourth-order valence-corrected chi connectivity index (χ4v) is 3.46. The molecule has 5 heteroatoms. The highest BCUT2D eigenvalue weighted by molar-refractivity contribution is 5.88. The second-order valence-corrected chi connectivity index (χ2v) is 6.68. The normalized spacial score (nSPS) is 12.4. The van der Waals surface area contributed by atoms with E-state index in [1.165, 1.54) is 0 Å². The van der Waals surface area contributed by atoms with Crippen molar-refractivity contribution in [1.82, 2.24) is 5.32 Å². The van der Waals surface area contributed by atoms with Gasteiger partial charge in [0.2, 0.25) is 5.91 Å². The number of hydrogen-bond acceptors (Lipinski definition) is 4. The van der Waals surface area contributed by atoms with Crippen LogP contribution in [0.2, 0.25) is 0 Å². The van der Waals surface area contributed by atoms with Gasteiger partial charge in [-0.3, -0.25) is 4.79 Å². The summed E-state index contributed by atoms with van der Waals surface area (Å²) in [5, 5.41) is 5.01. The topological polar surface area (TPSA) is 64.6 Å². The molecule has 0 spiro atoms. The Balaban J connectivity index is 1.51. The lowest BCUT2D eigenvalue weighted by atomic mass is 10.1. The number of hydrogen-bond donors (Lipinski definition) is 1. The lowest BCUT2D eigenvalue weighted by Gasteiger charge is -2.12. The van der Waals surface area contributed by atoms with E-state index >= 15 is 0 Å². The van der Waals surface area contributed by atoms with Gasteiger partial charge in [0.1, 0.15) is 22.7 Å². The molecule has 1 N–H and O–H groups in total. The summed E-state index contributed by atoms with van der Waals surface area (Å²) in [7, 11) is 1.61. The number of ether oxygens (including phenoxy) is 1. The molecule has 5 nitrogen and oxygen atoms in total. The number of amides is 1. The first kappa shape index (κ1) is 17.2. The van der Waals surface area contributed by atoms with Gasteiger partial charge in [-0.15, -0.1) is 0 Å². The van der Waals surface area contributed by atoms with Gasteiger partial charge in [0.15, 0.2) is 0 Å². The van der Waals surface area contributed by atoms with Crippen LogP contribution in [0.5, 0.6) is 5.75 Å². The predicted octanol–water partition coefficient (Wildman–Crippen LogP) is 4.92. The molecule has 0 aliphatic rings. The monoisotopic (exact) mass is 363 g/mol. The Bertz CT molecular complexity index is 1120. The Labute approximate surface area is 156 Å². The van der Waals surface area contributed by atoms with E-state index in [1.54, 1.807) is 13.4 Å². The smallest absolute Gasteiger partial charge is 0.225 e. The van der Waals surface area contributed by atoms with Gasteiger partial charge in [0.25, 0.3) is 0 Å². The number of aryl methyl sites for hydroxylation is 1. The van der Waals surface area contributed by atoms with E-state index in [4.69, 9.17) is 13.6 Å². The van der Waals surface area contributed by atoms with Crippen LogP contribution in [0, 0.1) is 6.92 Å². The lowest BCUT2D eigenvalue weighted by Crippen LogP contribution is -2.28. The number of furan rings is 2. The van der Waals surface area contributed by atoms with Gasteiger partial charge >= 0.3 is 0 Å². The third-order valence-corrected chi connectivity index (χ3v) is 4.87. The first-order valence-electron chi connectivity index (χ1n) is 8.88. The summed E-state index contributed by atoms with van der Waals surface area (Å²) in [6, 6.07) is 13.3. The molecule has 138 valence electrons. The van der Waals surface area contributed by atoms with E-state index in [1.807, 2.05) is 56.3 Å². The quantitative estimate of drug-likeness (QED) is 0.547. The second-order valence-electron chi connectivity index (χ2n) is 6.68. The molecular weight excluding hydrogens is 342 g/mol. The van der Waals surface area contributed by atoms with E-state index in [-0.39, 0.29) is 18.4 Å². The Morgan fingerprint density at radius 3 is 2.74 bits per heavy atom. The molecule has 0 saturated carbocycles. The van der Waals surface area contributed by atoms with E-state index in [2.05, 4.69) is 5.32 Å². The van der Waals surface area contributed by atoms with E-state index in [0.717, 1.165) is 39.0 Å². The van der Waals surface area contributed by atoms with Gasteiger partial charge < -0.3 is 18.9 Å². The van der Waals surface area contributed by atoms with Gasteiger partial charge in [-0.25, -0.2) is 0 Å². The Hall–Kier alpha value is -3.21. The average Bonchev–Trinajstić information content (AvgIpc) is 3.22. The summed E-state index contributed by atoms with van der Waals surface area (Å²) < 4.78 is 16.7. The van der Waals surface area contributed by atoms with Crippen LogP contribution in [-0.2, 0) is 11.2 Å². The van der Waals surface area contributed by atoms with Crippen LogP contribution >= 0.6 is 0 Å². The molecule has 1 unspecified atom stereocenters. The minimum absolute atomic E-state index is 0.0825. The van der Waals surface area contributed by atoms with Crippen LogP contribution in [0.3, 0.4) is 0 Å². The maximum atomic E-state index is 12.6. The highest BCUT2D eigenvalue weighted by atomic mass is 16.5. The zero-order valence-electron chi connectivity index (χ0n) is 15.5. The molecule has 4 rings (SSSR count). The van der Waals surface area contributed by atoms with Crippen molar-refractivity contribution in [3.63, 3.8) is 0 Å². The first-order valence-corrected chi connectivity index (χ1v) is 8.88. The molecule has 1 atom stereocenters. The number of fused-ring (bicyclic) bond motifs is 2. The molecule has 2 aromatic heterocycles. The van der Waals surface area contributed by atoms with E-state index < -0.39 is 0 Å². The summed E-state index contributed by atoms with van der Waals surface area (Å²) >= 11 is 0. The number of carbonyl (C=O) groups excluding carboxylic acids is 1. The van der Waals surface area contributed by atoms with Gasteiger partial charge in [-0.2, -0.15) is 0 Å². The Morgan fingerprint density at radius 1 is 1.15 bits per heavy atom. The molecule has 0 aliphatic carbocycles. The van der Waals surface area contributed by atoms with Gasteiger partial charge in [-0.05, 0) is 32.0 Å². The first-order chi connectivity index (χ1) is 13.1. The number of carbonyl (C=O) groups is 1. The SMILES string of the molecule is COc1ccc2c(CC(=O)NC(C)c3oc4ccccc4c3C)coc2c1. The summed E-state index contributed by atoms with van der Waals surface area (Å²) in [6.07, 6.45) is 1.86. The molecule has 27 heavy (non-hydrogen) atoms. The molecule has 0 bridgehead atoms. The van der Waals surface area contributed by atoms with Crippen LogP contribution in [0.25, 0.3) is 21.9 Å². The van der Waals surface area contributed by atoms with Crippen LogP contribution in [0.4, 0.5) is 0 Å². The molecule has 0 aliphatic heterocycles. The molecule has 0 fully saturated rings. The van der Waals surface area contributed by atoms with E-state index in [9.17, 15) is 4.79 Å². The third-order valence-electron chi connectivity index (χ3n) is 4.87. The van der Waals surface area contributed by atoms with Crippen molar-refractivity contribution >= 4 is 27.8 Å². The van der Waals surface area contributed by atoms with Crippen LogP contribution < -0.4 is 10.1 Å². The molecule has 2 aromatic carbocycles. The molecule has 2 heterocycles. The second kappa shape index (κ2) is 6.83. The average molecular weight is 363 g/mol. The van der Waals surface area contributed by atoms with Crippen molar-refractivity contribution in [1.29, 1.82) is 0 Å². The molecule has 0 radical (unpaired) electrons. The van der Waals surface area contributed by atoms with Crippen molar-refractivity contribution in [2.75, 3.05) is 7.11 Å². The van der Waals surface area contributed by atoms with Crippen LogP contribution in [-0.4, -0.2) is 13.0 Å². The van der Waals surface area contributed by atoms with Crippen LogP contribution in [0.1, 0.15) is 29.9 Å². The Kier molecular flexibility index (Phi) is 4.36. The van der Waals surface area contributed by atoms with Crippen LogP contribution in [0.15, 0.2) is 57.6 Å². The van der Waals surface area contributed by atoms with Crippen molar-refractivity contribution < 1.29 is 18.4 Å². The van der Waals surface area contributed by atoms with Gasteiger partial charge in [0.05, 0.1) is 25.8 Å². The fourth-order valence-electron chi connectivity index (χ4n) is 3.46. The van der Waals surface area contributed by atoms with Crippen molar-refractivity contribution in [2.45, 2.75) is 26.3 Å². The molecular formula is C22H21NO4. The molecule has 1 amide bonds. The predicted molar refractivity (Wildman–Crippen MR) is 104 cm³/mol. The highest BCUT2D eigenvalue weighted by Crippen LogP contribution is 2.30. The zero-order chi connectivity index (χ0) is 19.0. The lowest BCUT2D eigenvalue weighted by molar-refractivity contribution is -0.121. The largest absolute Gasteiger partial charge is 0.497 e. The maximum Gasteiger partial charge on any atom is 0.225 e. The summed E-state index contributed by atoms with van der Waals surface area (Å²) in [6.45, 7) is 3.95. The minimum atomic E-state index is -0.219. The highest BCUT2D eigenvalue weighted by Gasteiger charge is 2.19. The minimum Gasteiger partial charge on any atom is -0.497 e. The van der Waals surface area contributed by atoms with Crippen molar-refractivity contribution in [2.24, 2.45) is 0 Å². The van der Waals surface area contributed by atoms with Gasteiger partial charge in [-0.1, -0.05) is 18.2 Å². The van der Waals surface area contributed by atoms with Gasteiger partial charge in [0, 0.05) is 28.0 Å². The molecule has 0 saturated heterocycles.